The molecule has 1 heterocycles. The lowest BCUT2D eigenvalue weighted by atomic mass is 9.94. The van der Waals surface area contributed by atoms with E-state index < -0.39 is 5.82 Å². The summed E-state index contributed by atoms with van der Waals surface area (Å²) in [5, 5.41) is 20.4. The first-order valence-corrected chi connectivity index (χ1v) is 8.67. The summed E-state index contributed by atoms with van der Waals surface area (Å²) in [5.74, 6) is -0.0703. The summed E-state index contributed by atoms with van der Waals surface area (Å²) in [5.41, 5.74) is 7.37. The largest absolute Gasteiger partial charge is 0.507 e. The number of hydrogen-bond acceptors (Lipinski definition) is 4. The molecule has 3 aromatic rings. The fourth-order valence-electron chi connectivity index (χ4n) is 3.68. The van der Waals surface area contributed by atoms with Crippen molar-refractivity contribution in [2.75, 3.05) is 5.73 Å². The van der Waals surface area contributed by atoms with Gasteiger partial charge in [-0.05, 0) is 37.1 Å². The molecule has 1 aliphatic rings. The molecule has 4 rings (SSSR count). The Hall–Kier alpha value is -2.40. The number of nitrogens with two attached hydrogens (primary N) is 1. The molecule has 25 heavy (non-hydrogen) atoms. The number of anilines is 1. The SMILES string of the molecule is Nc1nnc(C2CCCC2)c2cc(-c3c(O)cccc3F)c(Cl)cc12. The number of phenolic OH excluding ortho intramolecular Hbond substituents is 1. The van der Waals surface area contributed by atoms with Gasteiger partial charge >= 0.3 is 0 Å². The third-order valence-corrected chi connectivity index (χ3v) is 5.24. The van der Waals surface area contributed by atoms with E-state index in [0.29, 0.717) is 27.7 Å². The van der Waals surface area contributed by atoms with Crippen molar-refractivity contribution in [3.05, 3.63) is 46.9 Å². The van der Waals surface area contributed by atoms with Gasteiger partial charge in [0, 0.05) is 27.3 Å². The number of hydrogen-bond donors (Lipinski definition) is 2. The van der Waals surface area contributed by atoms with Gasteiger partial charge in [0.05, 0.1) is 11.3 Å². The summed E-state index contributed by atoms with van der Waals surface area (Å²) in [6.07, 6.45) is 4.42. The Balaban J connectivity index is 2.01. The van der Waals surface area contributed by atoms with Crippen LogP contribution in [-0.4, -0.2) is 15.3 Å². The Morgan fingerprint density at radius 1 is 1.12 bits per heavy atom. The molecule has 4 nitrogen and oxygen atoms in total. The summed E-state index contributed by atoms with van der Waals surface area (Å²) < 4.78 is 14.3. The van der Waals surface area contributed by atoms with Gasteiger partial charge in [-0.1, -0.05) is 30.5 Å². The highest BCUT2D eigenvalue weighted by Crippen LogP contribution is 2.42. The van der Waals surface area contributed by atoms with Crippen molar-refractivity contribution < 1.29 is 9.50 Å². The van der Waals surface area contributed by atoms with E-state index in [1.165, 1.54) is 18.2 Å². The first-order chi connectivity index (χ1) is 12.1. The van der Waals surface area contributed by atoms with Gasteiger partial charge in [0.25, 0.3) is 0 Å². The number of halogens is 2. The average Bonchev–Trinajstić information content (AvgIpc) is 3.10. The third-order valence-electron chi connectivity index (χ3n) is 4.93. The first kappa shape index (κ1) is 16.1. The zero-order valence-corrected chi connectivity index (χ0v) is 14.2. The van der Waals surface area contributed by atoms with E-state index in [9.17, 15) is 9.50 Å². The number of nitrogens with zero attached hydrogens (tertiary/aromatic N) is 2. The number of fused-ring (bicyclic) bond motifs is 1. The molecule has 1 aromatic heterocycles. The maximum atomic E-state index is 14.3. The molecule has 3 N–H and O–H groups in total. The molecule has 0 spiro atoms. The number of aromatic nitrogens is 2. The van der Waals surface area contributed by atoms with Crippen molar-refractivity contribution in [3.63, 3.8) is 0 Å². The second-order valence-corrected chi connectivity index (χ2v) is 6.87. The molecule has 0 bridgehead atoms. The quantitative estimate of drug-likeness (QED) is 0.674. The minimum absolute atomic E-state index is 0.0853. The van der Waals surface area contributed by atoms with Gasteiger partial charge < -0.3 is 10.8 Å². The summed E-state index contributed by atoms with van der Waals surface area (Å²) >= 11 is 6.38. The van der Waals surface area contributed by atoms with Crippen LogP contribution in [0.15, 0.2) is 30.3 Å². The maximum absolute atomic E-state index is 14.3. The number of rotatable bonds is 2. The average molecular weight is 358 g/mol. The van der Waals surface area contributed by atoms with Gasteiger partial charge in [-0.15, -0.1) is 5.10 Å². The molecular formula is C19H17ClFN3O. The van der Waals surface area contributed by atoms with Gasteiger partial charge in [0.2, 0.25) is 0 Å². The minimum atomic E-state index is -0.529. The lowest BCUT2D eigenvalue weighted by molar-refractivity contribution is 0.472. The van der Waals surface area contributed by atoms with Crippen LogP contribution >= 0.6 is 11.6 Å². The summed E-state index contributed by atoms with van der Waals surface area (Å²) in [7, 11) is 0. The number of phenols is 1. The van der Waals surface area contributed by atoms with E-state index in [0.717, 1.165) is 36.8 Å². The van der Waals surface area contributed by atoms with Crippen LogP contribution in [0.1, 0.15) is 37.3 Å². The van der Waals surface area contributed by atoms with Crippen LogP contribution in [0.3, 0.4) is 0 Å². The number of benzene rings is 2. The van der Waals surface area contributed by atoms with E-state index in [-0.39, 0.29) is 11.3 Å². The van der Waals surface area contributed by atoms with Crippen LogP contribution in [0.5, 0.6) is 5.75 Å². The number of aromatic hydroxyl groups is 1. The molecule has 6 heteroatoms. The molecule has 0 atom stereocenters. The van der Waals surface area contributed by atoms with E-state index >= 15 is 0 Å². The van der Waals surface area contributed by atoms with Gasteiger partial charge in [-0.3, -0.25) is 0 Å². The van der Waals surface area contributed by atoms with E-state index in [1.807, 2.05) is 0 Å². The lowest BCUT2D eigenvalue weighted by Crippen LogP contribution is -2.04. The van der Waals surface area contributed by atoms with E-state index in [1.54, 1.807) is 12.1 Å². The monoisotopic (exact) mass is 357 g/mol. The highest BCUT2D eigenvalue weighted by Gasteiger charge is 2.24. The minimum Gasteiger partial charge on any atom is -0.507 e. The zero-order valence-electron chi connectivity index (χ0n) is 13.5. The summed E-state index contributed by atoms with van der Waals surface area (Å²) in [4.78, 5) is 0. The third kappa shape index (κ3) is 2.68. The fraction of sp³-hybridized carbons (Fsp3) is 0.263. The van der Waals surface area contributed by atoms with Gasteiger partial charge in [-0.2, -0.15) is 5.10 Å². The zero-order chi connectivity index (χ0) is 17.6. The molecule has 2 aromatic carbocycles. The predicted octanol–water partition coefficient (Wildman–Crippen LogP) is 5.03. The Labute approximate surface area is 149 Å². The van der Waals surface area contributed by atoms with Gasteiger partial charge in [0.15, 0.2) is 5.82 Å². The molecule has 1 saturated carbocycles. The van der Waals surface area contributed by atoms with Crippen molar-refractivity contribution in [2.24, 2.45) is 0 Å². The van der Waals surface area contributed by atoms with E-state index in [4.69, 9.17) is 17.3 Å². The smallest absolute Gasteiger partial charge is 0.154 e. The molecule has 128 valence electrons. The molecule has 0 aliphatic heterocycles. The van der Waals surface area contributed by atoms with Crippen LogP contribution in [-0.2, 0) is 0 Å². The molecule has 1 fully saturated rings. The second kappa shape index (κ2) is 6.15. The van der Waals surface area contributed by atoms with Crippen LogP contribution < -0.4 is 5.73 Å². The Bertz CT molecular complexity index is 950. The Morgan fingerprint density at radius 2 is 1.88 bits per heavy atom. The van der Waals surface area contributed by atoms with Gasteiger partial charge in [-0.25, -0.2) is 4.39 Å². The maximum Gasteiger partial charge on any atom is 0.154 e. The van der Waals surface area contributed by atoms with Crippen molar-refractivity contribution in [1.82, 2.24) is 10.2 Å². The highest BCUT2D eigenvalue weighted by molar-refractivity contribution is 6.34. The fourth-order valence-corrected chi connectivity index (χ4v) is 3.94. The van der Waals surface area contributed by atoms with Crippen LogP contribution in [0.4, 0.5) is 10.2 Å². The van der Waals surface area contributed by atoms with Gasteiger partial charge in [0.1, 0.15) is 11.6 Å². The Morgan fingerprint density at radius 3 is 2.60 bits per heavy atom. The lowest BCUT2D eigenvalue weighted by Gasteiger charge is -2.15. The van der Waals surface area contributed by atoms with Crippen molar-refractivity contribution in [3.8, 4) is 16.9 Å². The van der Waals surface area contributed by atoms with E-state index in [2.05, 4.69) is 10.2 Å². The first-order valence-electron chi connectivity index (χ1n) is 8.29. The highest BCUT2D eigenvalue weighted by atomic mass is 35.5. The Kier molecular flexibility index (Phi) is 3.96. The predicted molar refractivity (Wildman–Crippen MR) is 97.2 cm³/mol. The number of nitrogen functional groups attached to an aromatic ring is 1. The molecule has 1 aliphatic carbocycles. The standard InChI is InChI=1S/C19H17ClFN3O/c20-14-9-12-11(8-13(14)17-15(21)6-3-7-16(17)25)18(23-24-19(12)22)10-4-1-2-5-10/h3,6-10,25H,1-2,4-5H2,(H2,22,24). The second-order valence-electron chi connectivity index (χ2n) is 6.46. The molecule has 0 saturated heterocycles. The van der Waals surface area contributed by atoms with Crippen molar-refractivity contribution in [2.45, 2.75) is 31.6 Å². The van der Waals surface area contributed by atoms with Crippen molar-refractivity contribution in [1.29, 1.82) is 0 Å². The topological polar surface area (TPSA) is 72.0 Å². The van der Waals surface area contributed by atoms with Crippen LogP contribution in [0.25, 0.3) is 21.9 Å². The molecule has 0 unspecified atom stereocenters. The van der Waals surface area contributed by atoms with Crippen LogP contribution in [0.2, 0.25) is 5.02 Å². The summed E-state index contributed by atoms with van der Waals surface area (Å²) in [6, 6.07) is 7.65. The normalized spacial score (nSPS) is 15.1. The molecule has 0 radical (unpaired) electrons. The summed E-state index contributed by atoms with van der Waals surface area (Å²) in [6.45, 7) is 0. The molecule has 0 amide bonds. The van der Waals surface area contributed by atoms with Crippen molar-refractivity contribution >= 4 is 28.2 Å². The molecular weight excluding hydrogens is 341 g/mol. The van der Waals surface area contributed by atoms with Crippen LogP contribution in [0, 0.1) is 5.82 Å².